The smallest absolute Gasteiger partial charge is 0.0431 e. The maximum absolute atomic E-state index is 5.39. The van der Waals surface area contributed by atoms with Gasteiger partial charge in [-0.15, -0.1) is 0 Å². The molecule has 0 aromatic heterocycles. The predicted octanol–water partition coefficient (Wildman–Crippen LogP) is 2.06. The topological polar surface area (TPSA) is 41.3 Å². The summed E-state index contributed by atoms with van der Waals surface area (Å²) in [5.41, 5.74) is 5.23. The zero-order chi connectivity index (χ0) is 11.3. The van der Waals surface area contributed by atoms with Gasteiger partial charge in [-0.25, -0.2) is 0 Å². The highest BCUT2D eigenvalue weighted by atomic mass is 15.2. The van der Waals surface area contributed by atoms with E-state index in [-0.39, 0.29) is 6.04 Å². The number of hydrogen-bond acceptors (Lipinski definition) is 3. The average molecular weight is 207 g/mol. The van der Waals surface area contributed by atoms with Gasteiger partial charge in [0.05, 0.1) is 0 Å². The molecule has 0 amide bonds. The summed E-state index contributed by atoms with van der Waals surface area (Å²) < 4.78 is 0. The first-order valence-electron chi connectivity index (χ1n) is 5.54. The molecule has 1 atom stereocenters. The number of anilines is 1. The van der Waals surface area contributed by atoms with Crippen molar-refractivity contribution < 1.29 is 0 Å². The van der Waals surface area contributed by atoms with Crippen molar-refractivity contribution in [1.82, 2.24) is 5.43 Å². The van der Waals surface area contributed by atoms with Crippen LogP contribution < -0.4 is 16.2 Å². The van der Waals surface area contributed by atoms with Gasteiger partial charge in [0.25, 0.3) is 0 Å². The van der Waals surface area contributed by atoms with E-state index >= 15 is 0 Å². The second kappa shape index (κ2) is 5.73. The van der Waals surface area contributed by atoms with Crippen LogP contribution in [0.15, 0.2) is 24.3 Å². The molecule has 3 N–H and O–H groups in total. The largest absolute Gasteiger partial charge is 0.372 e. The summed E-state index contributed by atoms with van der Waals surface area (Å²) in [6.45, 7) is 8.47. The Bertz CT molecular complexity index is 277. The van der Waals surface area contributed by atoms with Crippen LogP contribution in [0.5, 0.6) is 0 Å². The Labute approximate surface area is 92.2 Å². The van der Waals surface area contributed by atoms with E-state index in [1.165, 1.54) is 11.3 Å². The third-order valence-corrected chi connectivity index (χ3v) is 2.77. The van der Waals surface area contributed by atoms with Gasteiger partial charge < -0.3 is 4.90 Å². The molecule has 1 unspecified atom stereocenters. The van der Waals surface area contributed by atoms with Crippen molar-refractivity contribution in [3.8, 4) is 0 Å². The normalized spacial score (nSPS) is 12.5. The first-order chi connectivity index (χ1) is 7.22. The first kappa shape index (κ1) is 12.0. The van der Waals surface area contributed by atoms with Gasteiger partial charge in [0, 0.05) is 24.8 Å². The lowest BCUT2D eigenvalue weighted by Gasteiger charge is -2.21. The van der Waals surface area contributed by atoms with E-state index < -0.39 is 0 Å². The molecule has 1 rings (SSSR count). The van der Waals surface area contributed by atoms with Crippen molar-refractivity contribution in [2.24, 2.45) is 5.84 Å². The second-order valence-electron chi connectivity index (χ2n) is 3.65. The maximum atomic E-state index is 5.39. The zero-order valence-electron chi connectivity index (χ0n) is 9.83. The first-order valence-corrected chi connectivity index (χ1v) is 5.54. The van der Waals surface area contributed by atoms with E-state index in [0.29, 0.717) is 0 Å². The van der Waals surface area contributed by atoms with Crippen LogP contribution in [-0.4, -0.2) is 13.1 Å². The number of nitrogens with two attached hydrogens (primary N) is 1. The van der Waals surface area contributed by atoms with Gasteiger partial charge in [0.15, 0.2) is 0 Å². The second-order valence-corrected chi connectivity index (χ2v) is 3.65. The van der Waals surface area contributed by atoms with Crippen LogP contribution in [0.4, 0.5) is 5.69 Å². The average Bonchev–Trinajstić information content (AvgIpc) is 2.30. The van der Waals surface area contributed by atoms with E-state index in [9.17, 15) is 0 Å². The molecule has 3 heteroatoms. The molecule has 0 saturated carbocycles. The van der Waals surface area contributed by atoms with E-state index in [0.717, 1.165) is 13.1 Å². The van der Waals surface area contributed by atoms with Gasteiger partial charge in [-0.3, -0.25) is 11.3 Å². The molecule has 0 saturated heterocycles. The van der Waals surface area contributed by atoms with Crippen molar-refractivity contribution in [1.29, 1.82) is 0 Å². The van der Waals surface area contributed by atoms with Crippen molar-refractivity contribution in [3.63, 3.8) is 0 Å². The third kappa shape index (κ3) is 2.94. The van der Waals surface area contributed by atoms with Crippen molar-refractivity contribution in [2.45, 2.75) is 26.8 Å². The van der Waals surface area contributed by atoms with Crippen LogP contribution in [0.1, 0.15) is 32.4 Å². The summed E-state index contributed by atoms with van der Waals surface area (Å²) in [5, 5.41) is 0. The molecular weight excluding hydrogens is 186 g/mol. The van der Waals surface area contributed by atoms with Gasteiger partial charge in [0.1, 0.15) is 0 Å². The van der Waals surface area contributed by atoms with Crippen LogP contribution in [0, 0.1) is 0 Å². The molecule has 15 heavy (non-hydrogen) atoms. The highest BCUT2D eigenvalue weighted by molar-refractivity contribution is 5.47. The number of benzene rings is 1. The Balaban J connectivity index is 2.79. The number of rotatable bonds is 5. The monoisotopic (exact) mass is 207 g/mol. The molecule has 0 heterocycles. The molecule has 0 aliphatic carbocycles. The maximum Gasteiger partial charge on any atom is 0.0431 e. The van der Waals surface area contributed by atoms with Crippen molar-refractivity contribution in [2.75, 3.05) is 18.0 Å². The lowest BCUT2D eigenvalue weighted by atomic mass is 10.1. The molecule has 0 spiro atoms. The number of hydrazine groups is 1. The molecule has 84 valence electrons. The number of nitrogens with one attached hydrogen (secondary N) is 1. The molecule has 0 bridgehead atoms. The summed E-state index contributed by atoms with van der Waals surface area (Å²) >= 11 is 0. The Hall–Kier alpha value is -1.06. The molecule has 0 aliphatic rings. The van der Waals surface area contributed by atoms with Crippen LogP contribution in [0.2, 0.25) is 0 Å². The fourth-order valence-electron chi connectivity index (χ4n) is 1.66. The Kier molecular flexibility index (Phi) is 4.59. The van der Waals surface area contributed by atoms with Crippen LogP contribution in [0.25, 0.3) is 0 Å². The minimum Gasteiger partial charge on any atom is -0.372 e. The van der Waals surface area contributed by atoms with Crippen LogP contribution >= 0.6 is 0 Å². The summed E-state index contributed by atoms with van der Waals surface area (Å²) in [7, 11) is 0. The summed E-state index contributed by atoms with van der Waals surface area (Å²) in [4.78, 5) is 2.32. The molecule has 0 radical (unpaired) electrons. The lowest BCUT2D eigenvalue weighted by molar-refractivity contribution is 0.602. The quantitative estimate of drug-likeness (QED) is 0.573. The number of hydrogen-bond donors (Lipinski definition) is 2. The van der Waals surface area contributed by atoms with Gasteiger partial charge in [-0.1, -0.05) is 12.1 Å². The Morgan fingerprint density at radius 2 is 1.73 bits per heavy atom. The highest BCUT2D eigenvalue weighted by Gasteiger charge is 2.04. The molecule has 1 aromatic rings. The van der Waals surface area contributed by atoms with E-state index in [1.807, 2.05) is 6.92 Å². The Morgan fingerprint density at radius 3 is 2.13 bits per heavy atom. The van der Waals surface area contributed by atoms with E-state index in [1.54, 1.807) is 0 Å². The predicted molar refractivity (Wildman–Crippen MR) is 65.7 cm³/mol. The highest BCUT2D eigenvalue weighted by Crippen LogP contribution is 2.18. The standard InChI is InChI=1S/C12H21N3/c1-4-15(5-2)12-8-6-11(7-9-12)10(3)14-13/h6-10,14H,4-5,13H2,1-3H3. The van der Waals surface area contributed by atoms with Crippen LogP contribution in [-0.2, 0) is 0 Å². The molecule has 3 nitrogen and oxygen atoms in total. The molecule has 1 aromatic carbocycles. The fraction of sp³-hybridized carbons (Fsp3) is 0.500. The fourth-order valence-corrected chi connectivity index (χ4v) is 1.66. The van der Waals surface area contributed by atoms with Gasteiger partial charge in [-0.2, -0.15) is 0 Å². The summed E-state index contributed by atoms with van der Waals surface area (Å²) in [6.07, 6.45) is 0. The van der Waals surface area contributed by atoms with Gasteiger partial charge in [0.2, 0.25) is 0 Å². The van der Waals surface area contributed by atoms with Crippen molar-refractivity contribution >= 4 is 5.69 Å². The summed E-state index contributed by atoms with van der Waals surface area (Å²) in [6, 6.07) is 8.75. The van der Waals surface area contributed by atoms with E-state index in [2.05, 4.69) is 48.4 Å². The minimum absolute atomic E-state index is 0.204. The molecule has 0 fully saturated rings. The number of nitrogens with zero attached hydrogens (tertiary/aromatic N) is 1. The lowest BCUT2D eigenvalue weighted by Crippen LogP contribution is -2.26. The summed E-state index contributed by atoms with van der Waals surface area (Å²) in [5.74, 6) is 5.39. The third-order valence-electron chi connectivity index (χ3n) is 2.77. The molecular formula is C12H21N3. The zero-order valence-corrected chi connectivity index (χ0v) is 9.83. The van der Waals surface area contributed by atoms with Gasteiger partial charge in [-0.05, 0) is 38.5 Å². The SMILES string of the molecule is CCN(CC)c1ccc(C(C)NN)cc1. The van der Waals surface area contributed by atoms with Crippen molar-refractivity contribution in [3.05, 3.63) is 29.8 Å². The Morgan fingerprint density at radius 1 is 1.20 bits per heavy atom. The molecule has 0 aliphatic heterocycles. The minimum atomic E-state index is 0.204. The van der Waals surface area contributed by atoms with Crippen LogP contribution in [0.3, 0.4) is 0 Å². The van der Waals surface area contributed by atoms with Gasteiger partial charge >= 0.3 is 0 Å². The van der Waals surface area contributed by atoms with E-state index in [4.69, 9.17) is 5.84 Å².